The fraction of sp³-hybridized carbons (Fsp3) is 0.450. The van der Waals surface area contributed by atoms with E-state index in [4.69, 9.17) is 9.47 Å². The van der Waals surface area contributed by atoms with Crippen LogP contribution < -0.4 is 14.8 Å². The number of hydrogen-bond acceptors (Lipinski definition) is 7. The minimum Gasteiger partial charge on any atom is -0.497 e. The molecule has 1 unspecified atom stereocenters. The Balaban J connectivity index is 1.66. The van der Waals surface area contributed by atoms with Crippen molar-refractivity contribution < 1.29 is 19.1 Å². The Bertz CT molecular complexity index is 883. The van der Waals surface area contributed by atoms with Gasteiger partial charge in [-0.15, -0.1) is 11.3 Å². The number of aromatic nitrogens is 1. The molecule has 2 aromatic rings. The Labute approximate surface area is 174 Å². The lowest BCUT2D eigenvalue weighted by Crippen LogP contribution is -2.45. The van der Waals surface area contributed by atoms with Gasteiger partial charge in [-0.05, 0) is 31.5 Å². The van der Waals surface area contributed by atoms with Crippen molar-refractivity contribution in [1.29, 1.82) is 0 Å². The van der Waals surface area contributed by atoms with Crippen molar-refractivity contribution in [2.75, 3.05) is 46.7 Å². The Hall–Kier alpha value is -2.65. The zero-order chi connectivity index (χ0) is 21.0. The van der Waals surface area contributed by atoms with Crippen molar-refractivity contribution >= 4 is 28.3 Å². The van der Waals surface area contributed by atoms with Crippen LogP contribution in [0.1, 0.15) is 12.8 Å². The highest BCUT2D eigenvalue weighted by Crippen LogP contribution is 2.34. The van der Waals surface area contributed by atoms with Gasteiger partial charge in [0.05, 0.1) is 32.5 Å². The van der Waals surface area contributed by atoms with Crippen LogP contribution in [0.2, 0.25) is 0 Å². The Morgan fingerprint density at radius 3 is 2.79 bits per heavy atom. The molecule has 156 valence electrons. The number of methoxy groups -OCH3 is 2. The molecule has 0 spiro atoms. The first-order chi connectivity index (χ1) is 13.9. The summed E-state index contributed by atoms with van der Waals surface area (Å²) in [5.41, 5.74) is 1.54. The van der Waals surface area contributed by atoms with E-state index in [1.807, 2.05) is 22.4 Å². The van der Waals surface area contributed by atoms with Gasteiger partial charge in [0, 0.05) is 31.1 Å². The highest BCUT2D eigenvalue weighted by Gasteiger charge is 2.32. The van der Waals surface area contributed by atoms with Crippen molar-refractivity contribution in [2.24, 2.45) is 0 Å². The third-order valence-electron chi connectivity index (χ3n) is 4.87. The minimum atomic E-state index is -0.230. The van der Waals surface area contributed by atoms with Crippen molar-refractivity contribution in [2.45, 2.75) is 18.9 Å². The molecule has 0 saturated carbocycles. The number of carbonyl (C=O) groups excluding carboxylic acids is 2. The molecule has 0 aliphatic carbocycles. The molecular weight excluding hydrogens is 392 g/mol. The first kappa shape index (κ1) is 21.1. The number of hydrogen-bond donors (Lipinski definition) is 1. The molecule has 29 heavy (non-hydrogen) atoms. The van der Waals surface area contributed by atoms with E-state index in [0.717, 1.165) is 24.9 Å². The first-order valence-corrected chi connectivity index (χ1v) is 10.2. The fourth-order valence-corrected chi connectivity index (χ4v) is 4.13. The van der Waals surface area contributed by atoms with E-state index in [1.54, 1.807) is 39.3 Å². The molecule has 1 aromatic heterocycles. The van der Waals surface area contributed by atoms with E-state index in [2.05, 4.69) is 10.3 Å². The van der Waals surface area contributed by atoms with Crippen LogP contribution in [-0.4, -0.2) is 74.0 Å². The quantitative estimate of drug-likeness (QED) is 0.743. The van der Waals surface area contributed by atoms with Crippen LogP contribution in [0.25, 0.3) is 11.3 Å². The highest BCUT2D eigenvalue weighted by molar-refractivity contribution is 7.14. The number of amides is 2. The topological polar surface area (TPSA) is 84.0 Å². The maximum Gasteiger partial charge on any atom is 0.240 e. The molecule has 1 atom stereocenters. The molecule has 1 aromatic carbocycles. The number of anilines is 1. The molecule has 8 nitrogen and oxygen atoms in total. The van der Waals surface area contributed by atoms with Gasteiger partial charge in [-0.2, -0.15) is 0 Å². The molecule has 1 N–H and O–H groups in total. The van der Waals surface area contributed by atoms with Crippen LogP contribution in [0.15, 0.2) is 23.6 Å². The van der Waals surface area contributed by atoms with E-state index < -0.39 is 0 Å². The molecule has 9 heteroatoms. The van der Waals surface area contributed by atoms with Crippen molar-refractivity contribution in [1.82, 2.24) is 14.8 Å². The lowest BCUT2D eigenvalue weighted by molar-refractivity contribution is -0.133. The number of ether oxygens (including phenoxy) is 2. The van der Waals surface area contributed by atoms with E-state index in [1.165, 1.54) is 11.3 Å². The number of nitrogens with zero attached hydrogens (tertiary/aromatic N) is 3. The predicted octanol–water partition coefficient (Wildman–Crippen LogP) is 2.32. The summed E-state index contributed by atoms with van der Waals surface area (Å²) in [5.74, 6) is 1.21. The van der Waals surface area contributed by atoms with Gasteiger partial charge in [0.25, 0.3) is 0 Å². The number of nitrogens with one attached hydrogen (secondary N) is 1. The third kappa shape index (κ3) is 4.86. The van der Waals surface area contributed by atoms with E-state index >= 15 is 0 Å². The van der Waals surface area contributed by atoms with Crippen LogP contribution in [-0.2, 0) is 9.59 Å². The summed E-state index contributed by atoms with van der Waals surface area (Å²) in [6.45, 7) is 0.912. The zero-order valence-electron chi connectivity index (χ0n) is 17.1. The zero-order valence-corrected chi connectivity index (χ0v) is 17.9. The minimum absolute atomic E-state index is 0.0402. The monoisotopic (exact) mass is 418 g/mol. The van der Waals surface area contributed by atoms with Gasteiger partial charge in [0.15, 0.2) is 5.13 Å². The molecule has 2 amide bonds. The maximum atomic E-state index is 12.5. The molecule has 3 rings (SSSR count). The van der Waals surface area contributed by atoms with Gasteiger partial charge in [0.2, 0.25) is 11.8 Å². The Kier molecular flexibility index (Phi) is 6.71. The number of thiazole rings is 1. The van der Waals surface area contributed by atoms with Crippen LogP contribution >= 0.6 is 11.3 Å². The largest absolute Gasteiger partial charge is 0.497 e. The van der Waals surface area contributed by atoms with Gasteiger partial charge in [0.1, 0.15) is 11.5 Å². The van der Waals surface area contributed by atoms with Crippen LogP contribution in [0.5, 0.6) is 11.5 Å². The van der Waals surface area contributed by atoms with Crippen LogP contribution in [0.3, 0.4) is 0 Å². The normalized spacial score (nSPS) is 16.5. The van der Waals surface area contributed by atoms with E-state index in [0.29, 0.717) is 22.3 Å². The number of benzene rings is 1. The van der Waals surface area contributed by atoms with Gasteiger partial charge < -0.3 is 19.7 Å². The molecule has 2 heterocycles. The second-order valence-corrected chi connectivity index (χ2v) is 7.87. The summed E-state index contributed by atoms with van der Waals surface area (Å²) in [6, 6.07) is 5.28. The lowest BCUT2D eigenvalue weighted by atomic mass is 10.1. The van der Waals surface area contributed by atoms with Crippen molar-refractivity contribution in [3.8, 4) is 22.8 Å². The number of likely N-dealkylation sites (N-methyl/N-ethyl adjacent to an activating group) is 1. The predicted molar refractivity (Wildman–Crippen MR) is 113 cm³/mol. The maximum absolute atomic E-state index is 12.5. The summed E-state index contributed by atoms with van der Waals surface area (Å²) in [5, 5.41) is 5.22. The third-order valence-corrected chi connectivity index (χ3v) is 5.63. The molecular formula is C20H26N4O4S. The SMILES string of the molecule is COc1ccc(-c2csc(NC(=O)CN3CCCC3C(=O)N(C)C)n2)c(OC)c1. The number of carbonyl (C=O) groups is 2. The van der Waals surface area contributed by atoms with E-state index in [-0.39, 0.29) is 24.4 Å². The van der Waals surface area contributed by atoms with E-state index in [9.17, 15) is 9.59 Å². The summed E-state index contributed by atoms with van der Waals surface area (Å²) in [7, 11) is 6.67. The summed E-state index contributed by atoms with van der Waals surface area (Å²) in [4.78, 5) is 32.8. The fourth-order valence-electron chi connectivity index (χ4n) is 3.40. The van der Waals surface area contributed by atoms with Crippen LogP contribution in [0, 0.1) is 0 Å². The standard InChI is InChI=1S/C20H26N4O4S/c1-23(2)19(26)16-6-5-9-24(16)11-18(25)22-20-21-15(12-29-20)14-8-7-13(27-3)10-17(14)28-4/h7-8,10,12,16H,5-6,9,11H2,1-4H3,(H,21,22,25). The molecule has 1 aliphatic heterocycles. The first-order valence-electron chi connectivity index (χ1n) is 9.36. The molecule has 1 saturated heterocycles. The summed E-state index contributed by atoms with van der Waals surface area (Å²) < 4.78 is 10.7. The lowest BCUT2D eigenvalue weighted by Gasteiger charge is -2.25. The smallest absolute Gasteiger partial charge is 0.240 e. The van der Waals surface area contributed by atoms with Gasteiger partial charge in [-0.25, -0.2) is 4.98 Å². The van der Waals surface area contributed by atoms with Crippen molar-refractivity contribution in [3.05, 3.63) is 23.6 Å². The van der Waals surface area contributed by atoms with Gasteiger partial charge in [-0.1, -0.05) is 0 Å². The number of rotatable bonds is 7. The highest BCUT2D eigenvalue weighted by atomic mass is 32.1. The molecule has 1 aliphatic rings. The summed E-state index contributed by atoms with van der Waals surface area (Å²) >= 11 is 1.35. The molecule has 0 bridgehead atoms. The average molecular weight is 419 g/mol. The average Bonchev–Trinajstić information content (AvgIpc) is 3.36. The molecule has 0 radical (unpaired) electrons. The number of likely N-dealkylation sites (tertiary alicyclic amines) is 1. The van der Waals surface area contributed by atoms with Gasteiger partial charge in [-0.3, -0.25) is 14.5 Å². The van der Waals surface area contributed by atoms with Gasteiger partial charge >= 0.3 is 0 Å². The molecule has 1 fully saturated rings. The Morgan fingerprint density at radius 2 is 2.10 bits per heavy atom. The Morgan fingerprint density at radius 1 is 1.31 bits per heavy atom. The van der Waals surface area contributed by atoms with Crippen molar-refractivity contribution in [3.63, 3.8) is 0 Å². The van der Waals surface area contributed by atoms with Crippen LogP contribution in [0.4, 0.5) is 5.13 Å². The second-order valence-electron chi connectivity index (χ2n) is 7.01. The summed E-state index contributed by atoms with van der Waals surface area (Å²) in [6.07, 6.45) is 1.69. The second kappa shape index (κ2) is 9.23.